The Hall–Kier alpha value is -1.16. The average Bonchev–Trinajstić information content (AvgIpc) is 2.16. The second-order valence-corrected chi connectivity index (χ2v) is 4.09. The number of hydrogen-bond acceptors (Lipinski definition) is 3. The first-order valence-electron chi connectivity index (χ1n) is 4.40. The fourth-order valence-electron chi connectivity index (χ4n) is 1.29. The number of benzene rings is 1. The molecule has 0 spiro atoms. The predicted molar refractivity (Wildman–Crippen MR) is 59.9 cm³/mol. The second-order valence-electron chi connectivity index (χ2n) is 3.17. The van der Waals surface area contributed by atoms with Crippen LogP contribution in [0.25, 0.3) is 0 Å². The summed E-state index contributed by atoms with van der Waals surface area (Å²) >= 11 is 3.29. The molecule has 0 aliphatic heterocycles. The molecule has 1 aromatic carbocycles. The van der Waals surface area contributed by atoms with Gasteiger partial charge in [0.1, 0.15) is 5.78 Å². The maximum atomic E-state index is 11.4. The highest BCUT2D eigenvalue weighted by molar-refractivity contribution is 9.10. The van der Waals surface area contributed by atoms with Crippen LogP contribution in [0.15, 0.2) is 22.7 Å². The minimum absolute atomic E-state index is 0.0123. The Morgan fingerprint density at radius 2 is 2.07 bits per heavy atom. The first kappa shape index (κ1) is 11.9. The molecule has 0 saturated heterocycles. The van der Waals surface area contributed by atoms with Crippen molar-refractivity contribution in [1.82, 2.24) is 0 Å². The zero-order valence-electron chi connectivity index (χ0n) is 8.54. The van der Waals surface area contributed by atoms with Crippen LogP contribution in [-0.2, 0) is 16.0 Å². The van der Waals surface area contributed by atoms with E-state index in [1.54, 1.807) is 18.2 Å². The van der Waals surface area contributed by atoms with Crippen LogP contribution >= 0.6 is 15.9 Å². The molecule has 4 heteroatoms. The largest absolute Gasteiger partial charge is 0.465 e. The Labute approximate surface area is 96.6 Å². The number of methoxy groups -OCH3 is 1. The molecule has 3 nitrogen and oxygen atoms in total. The molecule has 80 valence electrons. The predicted octanol–water partition coefficient (Wildman–Crippen LogP) is 2.37. The lowest BCUT2D eigenvalue weighted by Gasteiger charge is -2.06. The van der Waals surface area contributed by atoms with E-state index in [9.17, 15) is 9.59 Å². The lowest BCUT2D eigenvalue weighted by atomic mass is 10.0. The topological polar surface area (TPSA) is 43.4 Å². The third-order valence-corrected chi connectivity index (χ3v) is 2.41. The van der Waals surface area contributed by atoms with Crippen molar-refractivity contribution >= 4 is 27.7 Å². The Kier molecular flexibility index (Phi) is 4.03. The Balaban J connectivity index is 3.13. The van der Waals surface area contributed by atoms with Crippen molar-refractivity contribution in [2.75, 3.05) is 7.11 Å². The van der Waals surface area contributed by atoms with E-state index in [-0.39, 0.29) is 12.2 Å². The lowest BCUT2D eigenvalue weighted by Crippen LogP contribution is -2.08. The standard InChI is InChI=1S/C11H11BrO3/c1-7(13)5-8-6-9(12)3-4-10(8)11(14)15-2/h3-4,6H,5H2,1-2H3. The van der Waals surface area contributed by atoms with E-state index < -0.39 is 5.97 Å². The fraction of sp³-hybridized carbons (Fsp3) is 0.273. The van der Waals surface area contributed by atoms with Gasteiger partial charge in [-0.3, -0.25) is 4.79 Å². The van der Waals surface area contributed by atoms with Crippen LogP contribution in [0.3, 0.4) is 0 Å². The molecular formula is C11H11BrO3. The lowest BCUT2D eigenvalue weighted by molar-refractivity contribution is -0.116. The number of esters is 1. The Morgan fingerprint density at radius 1 is 1.40 bits per heavy atom. The van der Waals surface area contributed by atoms with E-state index in [0.717, 1.165) is 4.47 Å². The highest BCUT2D eigenvalue weighted by Gasteiger charge is 2.13. The number of halogens is 1. The Bertz CT molecular complexity index is 399. The van der Waals surface area contributed by atoms with E-state index in [1.807, 2.05) is 0 Å². The summed E-state index contributed by atoms with van der Waals surface area (Å²) in [4.78, 5) is 22.4. The molecule has 15 heavy (non-hydrogen) atoms. The van der Waals surface area contributed by atoms with Crippen LogP contribution in [-0.4, -0.2) is 18.9 Å². The smallest absolute Gasteiger partial charge is 0.338 e. The summed E-state index contributed by atoms with van der Waals surface area (Å²) in [7, 11) is 1.32. The first-order valence-corrected chi connectivity index (χ1v) is 5.20. The molecule has 1 rings (SSSR count). The van der Waals surface area contributed by atoms with Crippen LogP contribution < -0.4 is 0 Å². The van der Waals surface area contributed by atoms with Gasteiger partial charge in [-0.05, 0) is 30.7 Å². The third-order valence-electron chi connectivity index (χ3n) is 1.91. The van der Waals surface area contributed by atoms with Gasteiger partial charge in [-0.15, -0.1) is 0 Å². The van der Waals surface area contributed by atoms with Gasteiger partial charge in [0, 0.05) is 10.9 Å². The first-order chi connectivity index (χ1) is 7.04. The molecule has 0 amide bonds. The molecule has 0 aromatic heterocycles. The van der Waals surface area contributed by atoms with Crippen molar-refractivity contribution in [2.24, 2.45) is 0 Å². The van der Waals surface area contributed by atoms with E-state index in [1.165, 1.54) is 14.0 Å². The molecule has 1 aromatic rings. The maximum absolute atomic E-state index is 11.4. The molecule has 0 unspecified atom stereocenters. The van der Waals surface area contributed by atoms with Crippen molar-refractivity contribution in [3.63, 3.8) is 0 Å². The third kappa shape index (κ3) is 3.16. The van der Waals surface area contributed by atoms with Gasteiger partial charge < -0.3 is 4.74 Å². The summed E-state index contributed by atoms with van der Waals surface area (Å²) in [6.07, 6.45) is 0.240. The zero-order valence-corrected chi connectivity index (χ0v) is 10.1. The van der Waals surface area contributed by atoms with Crippen molar-refractivity contribution in [1.29, 1.82) is 0 Å². The van der Waals surface area contributed by atoms with Gasteiger partial charge in [-0.1, -0.05) is 15.9 Å². The van der Waals surface area contributed by atoms with Crippen LogP contribution in [0, 0.1) is 0 Å². The molecule has 0 heterocycles. The number of ether oxygens (including phenoxy) is 1. The molecule has 0 fully saturated rings. The minimum Gasteiger partial charge on any atom is -0.465 e. The van der Waals surface area contributed by atoms with Crippen molar-refractivity contribution in [3.05, 3.63) is 33.8 Å². The number of carbonyl (C=O) groups is 2. The number of ketones is 1. The van der Waals surface area contributed by atoms with Gasteiger partial charge in [0.15, 0.2) is 0 Å². The summed E-state index contributed by atoms with van der Waals surface area (Å²) < 4.78 is 5.47. The van der Waals surface area contributed by atoms with Crippen LogP contribution in [0.1, 0.15) is 22.8 Å². The normalized spacial score (nSPS) is 9.80. The summed E-state index contributed by atoms with van der Waals surface area (Å²) in [5.41, 5.74) is 1.12. The molecular weight excluding hydrogens is 260 g/mol. The average molecular weight is 271 g/mol. The monoisotopic (exact) mass is 270 g/mol. The van der Waals surface area contributed by atoms with E-state index in [2.05, 4.69) is 20.7 Å². The highest BCUT2D eigenvalue weighted by atomic mass is 79.9. The molecule has 0 aliphatic carbocycles. The van der Waals surface area contributed by atoms with Crippen molar-refractivity contribution in [3.8, 4) is 0 Å². The molecule has 0 radical (unpaired) electrons. The van der Waals surface area contributed by atoms with Gasteiger partial charge >= 0.3 is 5.97 Å². The van der Waals surface area contributed by atoms with E-state index >= 15 is 0 Å². The molecule has 0 saturated carbocycles. The van der Waals surface area contributed by atoms with Crippen molar-refractivity contribution < 1.29 is 14.3 Å². The molecule has 0 aliphatic rings. The van der Waals surface area contributed by atoms with Crippen LogP contribution in [0.5, 0.6) is 0 Å². The van der Waals surface area contributed by atoms with Crippen LogP contribution in [0.4, 0.5) is 0 Å². The molecule has 0 N–H and O–H groups in total. The minimum atomic E-state index is -0.418. The SMILES string of the molecule is COC(=O)c1ccc(Br)cc1CC(C)=O. The summed E-state index contributed by atoms with van der Waals surface area (Å²) in [5, 5.41) is 0. The second kappa shape index (κ2) is 5.07. The van der Waals surface area contributed by atoms with Crippen LogP contribution in [0.2, 0.25) is 0 Å². The number of Topliss-reactive ketones (excluding diaryl/α,β-unsaturated/α-hetero) is 1. The summed E-state index contributed by atoms with van der Waals surface area (Å²) in [6.45, 7) is 1.49. The molecule has 0 atom stereocenters. The van der Waals surface area contributed by atoms with Gasteiger partial charge in [0.05, 0.1) is 12.7 Å². The molecule has 0 bridgehead atoms. The van der Waals surface area contributed by atoms with E-state index in [0.29, 0.717) is 11.1 Å². The van der Waals surface area contributed by atoms with Gasteiger partial charge in [-0.2, -0.15) is 0 Å². The maximum Gasteiger partial charge on any atom is 0.338 e. The summed E-state index contributed by atoms with van der Waals surface area (Å²) in [5.74, 6) is -0.406. The quantitative estimate of drug-likeness (QED) is 0.793. The van der Waals surface area contributed by atoms with Crippen molar-refractivity contribution in [2.45, 2.75) is 13.3 Å². The van der Waals surface area contributed by atoms with Gasteiger partial charge in [-0.25, -0.2) is 4.79 Å². The number of hydrogen-bond donors (Lipinski definition) is 0. The van der Waals surface area contributed by atoms with Gasteiger partial charge in [0.25, 0.3) is 0 Å². The summed E-state index contributed by atoms with van der Waals surface area (Å²) in [6, 6.07) is 5.15. The number of rotatable bonds is 3. The zero-order chi connectivity index (χ0) is 11.4. The fourth-order valence-corrected chi connectivity index (χ4v) is 1.69. The highest BCUT2D eigenvalue weighted by Crippen LogP contribution is 2.18. The van der Waals surface area contributed by atoms with Gasteiger partial charge in [0.2, 0.25) is 0 Å². The Morgan fingerprint density at radius 3 is 2.60 bits per heavy atom. The van der Waals surface area contributed by atoms with E-state index in [4.69, 9.17) is 0 Å². The number of carbonyl (C=O) groups excluding carboxylic acids is 2.